The highest BCUT2D eigenvalue weighted by Crippen LogP contribution is 2.17. The Kier molecular flexibility index (Phi) is 9.94. The summed E-state index contributed by atoms with van der Waals surface area (Å²) < 4.78 is 5.75. The van der Waals surface area contributed by atoms with Crippen molar-refractivity contribution in [1.82, 2.24) is 4.90 Å². The van der Waals surface area contributed by atoms with Crippen molar-refractivity contribution in [3.05, 3.63) is 29.8 Å². The SMILES string of the molecule is CCCCCCOc1ccc(C[C@H](N)C(=O)N2CCC(OOC(C)=O)CC2)cc1. The van der Waals surface area contributed by atoms with E-state index in [0.717, 1.165) is 24.3 Å². The molecular weight excluding hydrogens is 372 g/mol. The predicted octanol–water partition coefficient (Wildman–Crippen LogP) is 3.00. The molecule has 162 valence electrons. The molecule has 0 spiro atoms. The zero-order valence-electron chi connectivity index (χ0n) is 17.6. The molecule has 0 radical (unpaired) electrons. The number of amides is 1. The van der Waals surface area contributed by atoms with Crippen molar-refractivity contribution < 1.29 is 24.1 Å². The quantitative estimate of drug-likeness (QED) is 0.345. The van der Waals surface area contributed by atoms with Crippen LogP contribution in [-0.4, -0.2) is 48.6 Å². The molecule has 1 saturated heterocycles. The number of nitrogens with two attached hydrogens (primary N) is 1. The van der Waals surface area contributed by atoms with Crippen LogP contribution >= 0.6 is 0 Å². The fourth-order valence-electron chi connectivity index (χ4n) is 3.32. The Bertz CT molecular complexity index is 627. The maximum Gasteiger partial charge on any atom is 0.339 e. The lowest BCUT2D eigenvalue weighted by Gasteiger charge is -2.32. The number of likely N-dealkylation sites (tertiary alicyclic amines) is 1. The minimum Gasteiger partial charge on any atom is -0.494 e. The highest BCUT2D eigenvalue weighted by atomic mass is 17.2. The van der Waals surface area contributed by atoms with Crippen LogP contribution in [-0.2, 0) is 25.8 Å². The molecule has 1 aliphatic heterocycles. The molecule has 2 rings (SSSR count). The van der Waals surface area contributed by atoms with E-state index in [1.807, 2.05) is 24.3 Å². The number of ether oxygens (including phenoxy) is 1. The van der Waals surface area contributed by atoms with Gasteiger partial charge in [-0.25, -0.2) is 4.79 Å². The molecule has 1 aromatic carbocycles. The van der Waals surface area contributed by atoms with Crippen LogP contribution in [0.2, 0.25) is 0 Å². The van der Waals surface area contributed by atoms with Crippen molar-refractivity contribution in [1.29, 1.82) is 0 Å². The van der Waals surface area contributed by atoms with E-state index in [9.17, 15) is 9.59 Å². The second kappa shape index (κ2) is 12.4. The Morgan fingerprint density at radius 2 is 1.83 bits per heavy atom. The lowest BCUT2D eigenvalue weighted by molar-refractivity contribution is -0.301. The van der Waals surface area contributed by atoms with Gasteiger partial charge in [-0.05, 0) is 43.4 Å². The minimum atomic E-state index is -0.582. The molecule has 7 nitrogen and oxygen atoms in total. The highest BCUT2D eigenvalue weighted by Gasteiger charge is 2.27. The fraction of sp³-hybridized carbons (Fsp3) is 0.636. The van der Waals surface area contributed by atoms with Crippen LogP contribution < -0.4 is 10.5 Å². The average Bonchev–Trinajstić information content (AvgIpc) is 2.73. The minimum absolute atomic E-state index is 0.0628. The third kappa shape index (κ3) is 8.41. The molecule has 0 saturated carbocycles. The van der Waals surface area contributed by atoms with Gasteiger partial charge in [-0.15, -0.1) is 0 Å². The van der Waals surface area contributed by atoms with Crippen molar-refractivity contribution >= 4 is 11.9 Å². The smallest absolute Gasteiger partial charge is 0.339 e. The van der Waals surface area contributed by atoms with Crippen LogP contribution in [0, 0.1) is 0 Å². The molecule has 2 N–H and O–H groups in total. The number of unbranched alkanes of at least 4 members (excludes halogenated alkanes) is 3. The van der Waals surface area contributed by atoms with Crippen LogP contribution in [0.15, 0.2) is 24.3 Å². The first-order chi connectivity index (χ1) is 14.0. The predicted molar refractivity (Wildman–Crippen MR) is 110 cm³/mol. The number of carbonyl (C=O) groups excluding carboxylic acids is 2. The van der Waals surface area contributed by atoms with Gasteiger partial charge in [-0.1, -0.05) is 38.3 Å². The number of rotatable bonds is 11. The Morgan fingerprint density at radius 3 is 2.45 bits per heavy atom. The standard InChI is InChI=1S/C22H34N2O5/c1-3-4-5-6-15-27-19-9-7-18(8-10-19)16-21(23)22(26)24-13-11-20(12-14-24)29-28-17(2)25/h7-10,20-21H,3-6,11-16,23H2,1-2H3/t21-/m0/s1. The van der Waals surface area contributed by atoms with Crippen LogP contribution in [0.3, 0.4) is 0 Å². The van der Waals surface area contributed by atoms with Crippen LogP contribution in [0.4, 0.5) is 0 Å². The van der Waals surface area contributed by atoms with Gasteiger partial charge < -0.3 is 15.4 Å². The zero-order valence-corrected chi connectivity index (χ0v) is 17.6. The monoisotopic (exact) mass is 406 g/mol. The van der Waals surface area contributed by atoms with Gasteiger partial charge in [0.15, 0.2) is 0 Å². The number of carbonyl (C=O) groups is 2. The first-order valence-corrected chi connectivity index (χ1v) is 10.6. The van der Waals surface area contributed by atoms with Gasteiger partial charge in [0.25, 0.3) is 0 Å². The largest absolute Gasteiger partial charge is 0.494 e. The molecule has 1 aromatic rings. The summed E-state index contributed by atoms with van der Waals surface area (Å²) in [6.07, 6.45) is 6.27. The second-order valence-electron chi connectivity index (χ2n) is 7.56. The summed E-state index contributed by atoms with van der Waals surface area (Å²) in [6, 6.07) is 7.22. The van der Waals surface area contributed by atoms with Crippen molar-refractivity contribution in [2.45, 2.75) is 70.9 Å². The summed E-state index contributed by atoms with van der Waals surface area (Å²) in [6.45, 7) is 5.31. The summed E-state index contributed by atoms with van der Waals surface area (Å²) in [4.78, 5) is 34.8. The molecular formula is C22H34N2O5. The van der Waals surface area contributed by atoms with Crippen LogP contribution in [0.5, 0.6) is 5.75 Å². The third-order valence-electron chi connectivity index (χ3n) is 5.02. The Morgan fingerprint density at radius 1 is 1.14 bits per heavy atom. The first-order valence-electron chi connectivity index (χ1n) is 10.6. The summed E-state index contributed by atoms with van der Waals surface area (Å²) in [5.41, 5.74) is 7.17. The van der Waals surface area contributed by atoms with Gasteiger partial charge in [0.2, 0.25) is 5.91 Å². The second-order valence-corrected chi connectivity index (χ2v) is 7.56. The number of benzene rings is 1. The highest BCUT2D eigenvalue weighted by molar-refractivity contribution is 5.82. The Labute approximate surface area is 173 Å². The Balaban J connectivity index is 1.71. The van der Waals surface area contributed by atoms with Gasteiger partial charge in [-0.3, -0.25) is 9.68 Å². The molecule has 0 aliphatic carbocycles. The normalized spacial score (nSPS) is 15.8. The zero-order chi connectivity index (χ0) is 21.1. The maximum atomic E-state index is 12.6. The topological polar surface area (TPSA) is 91.1 Å². The number of nitrogens with zero attached hydrogens (tertiary/aromatic N) is 1. The van der Waals surface area contributed by atoms with E-state index in [4.69, 9.17) is 15.4 Å². The van der Waals surface area contributed by atoms with Gasteiger partial charge in [0, 0.05) is 20.0 Å². The van der Waals surface area contributed by atoms with Crippen molar-refractivity contribution in [2.24, 2.45) is 5.73 Å². The van der Waals surface area contributed by atoms with E-state index in [2.05, 4.69) is 11.8 Å². The molecule has 0 aromatic heterocycles. The lowest BCUT2D eigenvalue weighted by Crippen LogP contribution is -2.49. The number of piperidine rings is 1. The van der Waals surface area contributed by atoms with E-state index in [1.165, 1.54) is 26.2 Å². The molecule has 1 atom stereocenters. The van der Waals surface area contributed by atoms with E-state index in [1.54, 1.807) is 4.90 Å². The van der Waals surface area contributed by atoms with Gasteiger partial charge >= 0.3 is 5.97 Å². The summed E-state index contributed by atoms with van der Waals surface area (Å²) in [7, 11) is 0. The molecule has 1 heterocycles. The van der Waals surface area contributed by atoms with Gasteiger partial charge in [-0.2, -0.15) is 4.89 Å². The van der Waals surface area contributed by atoms with Crippen molar-refractivity contribution in [2.75, 3.05) is 19.7 Å². The van der Waals surface area contributed by atoms with Crippen molar-refractivity contribution in [3.8, 4) is 5.75 Å². The van der Waals surface area contributed by atoms with Crippen molar-refractivity contribution in [3.63, 3.8) is 0 Å². The maximum absolute atomic E-state index is 12.6. The van der Waals surface area contributed by atoms with E-state index < -0.39 is 12.0 Å². The number of hydrogen-bond acceptors (Lipinski definition) is 6. The molecule has 29 heavy (non-hydrogen) atoms. The molecule has 1 fully saturated rings. The van der Waals surface area contributed by atoms with E-state index >= 15 is 0 Å². The molecule has 1 aliphatic rings. The molecule has 0 bridgehead atoms. The summed E-state index contributed by atoms with van der Waals surface area (Å²) in [5.74, 6) is 0.311. The lowest BCUT2D eigenvalue weighted by atomic mass is 10.0. The molecule has 1 amide bonds. The average molecular weight is 407 g/mol. The molecule has 0 unspecified atom stereocenters. The van der Waals surface area contributed by atoms with E-state index in [-0.39, 0.29) is 12.0 Å². The van der Waals surface area contributed by atoms with E-state index in [0.29, 0.717) is 32.4 Å². The summed E-state index contributed by atoms with van der Waals surface area (Å²) >= 11 is 0. The first kappa shape index (κ1) is 23.2. The van der Waals surface area contributed by atoms with Gasteiger partial charge in [0.1, 0.15) is 11.9 Å². The van der Waals surface area contributed by atoms with Crippen LogP contribution in [0.1, 0.15) is 57.9 Å². The molecule has 7 heteroatoms. The third-order valence-corrected chi connectivity index (χ3v) is 5.02. The van der Waals surface area contributed by atoms with Crippen LogP contribution in [0.25, 0.3) is 0 Å². The number of hydrogen-bond donors (Lipinski definition) is 1. The Hall–Kier alpha value is -2.12. The fourth-order valence-corrected chi connectivity index (χ4v) is 3.32. The van der Waals surface area contributed by atoms with Gasteiger partial charge in [0.05, 0.1) is 12.6 Å². The summed E-state index contributed by atoms with van der Waals surface area (Å²) in [5, 5.41) is 0.